The van der Waals surface area contributed by atoms with Crippen molar-refractivity contribution in [1.29, 1.82) is 0 Å². The van der Waals surface area contributed by atoms with Gasteiger partial charge in [-0.3, -0.25) is 0 Å². The molecule has 0 saturated heterocycles. The normalized spacial score (nSPS) is 10.9. The fourth-order valence-electron chi connectivity index (χ4n) is 2.14. The van der Waals surface area contributed by atoms with Crippen LogP contribution in [0.25, 0.3) is 11.0 Å². The number of rotatable bonds is 3. The van der Waals surface area contributed by atoms with E-state index < -0.39 is 0 Å². The standard InChI is InChI=1S/C15H14BrN3O/c1-10-12(16)8-13(15-14(10)17-18-19(15)2)20-9-11-6-4-3-5-7-11/h3-8H,9H2,1-2H3. The number of aromatic nitrogens is 3. The maximum absolute atomic E-state index is 5.95. The van der Waals surface area contributed by atoms with Gasteiger partial charge < -0.3 is 4.74 Å². The van der Waals surface area contributed by atoms with Crippen LogP contribution in [-0.2, 0) is 13.7 Å². The zero-order valence-electron chi connectivity index (χ0n) is 11.3. The summed E-state index contributed by atoms with van der Waals surface area (Å²) in [5.41, 5.74) is 3.99. The smallest absolute Gasteiger partial charge is 0.148 e. The lowest BCUT2D eigenvalue weighted by Crippen LogP contribution is -1.99. The zero-order valence-corrected chi connectivity index (χ0v) is 12.9. The number of hydrogen-bond acceptors (Lipinski definition) is 3. The summed E-state index contributed by atoms with van der Waals surface area (Å²) in [7, 11) is 1.87. The molecule has 20 heavy (non-hydrogen) atoms. The Morgan fingerprint density at radius 1 is 1.25 bits per heavy atom. The van der Waals surface area contributed by atoms with Crippen LogP contribution in [0.3, 0.4) is 0 Å². The van der Waals surface area contributed by atoms with Crippen LogP contribution in [-0.4, -0.2) is 15.0 Å². The van der Waals surface area contributed by atoms with Crippen molar-refractivity contribution >= 4 is 27.0 Å². The van der Waals surface area contributed by atoms with Gasteiger partial charge in [-0.2, -0.15) is 0 Å². The van der Waals surface area contributed by atoms with Gasteiger partial charge in [0.25, 0.3) is 0 Å². The molecular formula is C15H14BrN3O. The summed E-state index contributed by atoms with van der Waals surface area (Å²) in [6.07, 6.45) is 0. The minimum absolute atomic E-state index is 0.524. The molecular weight excluding hydrogens is 318 g/mol. The van der Waals surface area contributed by atoms with E-state index in [0.717, 1.165) is 32.4 Å². The summed E-state index contributed by atoms with van der Waals surface area (Å²) in [4.78, 5) is 0. The number of halogens is 1. The van der Waals surface area contributed by atoms with Gasteiger partial charge in [0.2, 0.25) is 0 Å². The molecule has 5 heteroatoms. The molecule has 1 heterocycles. The van der Waals surface area contributed by atoms with Crippen LogP contribution in [0.15, 0.2) is 40.9 Å². The van der Waals surface area contributed by atoms with E-state index in [4.69, 9.17) is 4.74 Å². The lowest BCUT2D eigenvalue weighted by atomic mass is 10.2. The van der Waals surface area contributed by atoms with Gasteiger partial charge in [-0.05, 0) is 24.1 Å². The molecule has 102 valence electrons. The van der Waals surface area contributed by atoms with Gasteiger partial charge in [0.15, 0.2) is 0 Å². The Hall–Kier alpha value is -1.88. The fourth-order valence-corrected chi connectivity index (χ4v) is 2.53. The number of nitrogens with zero attached hydrogens (tertiary/aromatic N) is 3. The number of aryl methyl sites for hydroxylation is 2. The molecule has 0 saturated carbocycles. The van der Waals surface area contributed by atoms with Crippen molar-refractivity contribution in [3.05, 3.63) is 52.0 Å². The molecule has 0 aliphatic rings. The molecule has 3 aromatic rings. The van der Waals surface area contributed by atoms with Crippen molar-refractivity contribution in [3.63, 3.8) is 0 Å². The molecule has 0 N–H and O–H groups in total. The third-order valence-corrected chi connectivity index (χ3v) is 4.09. The van der Waals surface area contributed by atoms with E-state index in [9.17, 15) is 0 Å². The van der Waals surface area contributed by atoms with Gasteiger partial charge in [0, 0.05) is 11.5 Å². The SMILES string of the molecule is Cc1c(Br)cc(OCc2ccccc2)c2c1nnn2C. The van der Waals surface area contributed by atoms with Gasteiger partial charge in [-0.15, -0.1) is 5.10 Å². The summed E-state index contributed by atoms with van der Waals surface area (Å²) in [5.74, 6) is 0.786. The molecule has 4 nitrogen and oxygen atoms in total. The van der Waals surface area contributed by atoms with E-state index in [-0.39, 0.29) is 0 Å². The molecule has 0 amide bonds. The number of ether oxygens (including phenoxy) is 1. The number of fused-ring (bicyclic) bond motifs is 1. The summed E-state index contributed by atoms with van der Waals surface area (Å²) >= 11 is 3.55. The Labute approximate surface area is 125 Å². The van der Waals surface area contributed by atoms with Crippen LogP contribution in [0.1, 0.15) is 11.1 Å². The van der Waals surface area contributed by atoms with Gasteiger partial charge in [0.1, 0.15) is 23.4 Å². The van der Waals surface area contributed by atoms with Crippen LogP contribution >= 0.6 is 15.9 Å². The molecule has 0 atom stereocenters. The highest BCUT2D eigenvalue weighted by Gasteiger charge is 2.14. The maximum Gasteiger partial charge on any atom is 0.148 e. The Morgan fingerprint density at radius 3 is 2.75 bits per heavy atom. The van der Waals surface area contributed by atoms with Gasteiger partial charge >= 0.3 is 0 Å². The van der Waals surface area contributed by atoms with Crippen molar-refractivity contribution in [3.8, 4) is 5.75 Å². The van der Waals surface area contributed by atoms with Crippen LogP contribution in [0.2, 0.25) is 0 Å². The summed E-state index contributed by atoms with van der Waals surface area (Å²) in [6, 6.07) is 12.1. The second-order valence-corrected chi connectivity index (χ2v) is 5.52. The topological polar surface area (TPSA) is 39.9 Å². The Balaban J connectivity index is 1.99. The third kappa shape index (κ3) is 2.29. The van der Waals surface area contributed by atoms with E-state index in [2.05, 4.69) is 26.2 Å². The van der Waals surface area contributed by atoms with Gasteiger partial charge in [-0.1, -0.05) is 51.5 Å². The first kappa shape index (κ1) is 13.1. The summed E-state index contributed by atoms with van der Waals surface area (Å²) in [6.45, 7) is 2.54. The zero-order chi connectivity index (χ0) is 14.1. The molecule has 0 aliphatic carbocycles. The van der Waals surface area contributed by atoms with E-state index in [1.54, 1.807) is 4.68 Å². The third-order valence-electron chi connectivity index (χ3n) is 3.27. The Kier molecular flexibility index (Phi) is 3.44. The minimum Gasteiger partial charge on any atom is -0.487 e. The molecule has 0 fully saturated rings. The molecule has 0 bridgehead atoms. The molecule has 2 aromatic carbocycles. The Bertz CT molecular complexity index is 753. The van der Waals surface area contributed by atoms with Crippen LogP contribution < -0.4 is 4.74 Å². The quantitative estimate of drug-likeness (QED) is 0.735. The van der Waals surface area contributed by atoms with E-state index in [1.807, 2.05) is 50.4 Å². The first-order valence-electron chi connectivity index (χ1n) is 6.32. The van der Waals surface area contributed by atoms with Crippen molar-refractivity contribution in [1.82, 2.24) is 15.0 Å². The first-order valence-corrected chi connectivity index (χ1v) is 7.11. The Morgan fingerprint density at radius 2 is 2.00 bits per heavy atom. The average Bonchev–Trinajstić information content (AvgIpc) is 2.85. The largest absolute Gasteiger partial charge is 0.487 e. The molecule has 3 rings (SSSR count). The van der Waals surface area contributed by atoms with Crippen LogP contribution in [0.4, 0.5) is 0 Å². The molecule has 1 aromatic heterocycles. The van der Waals surface area contributed by atoms with Gasteiger partial charge in [-0.25, -0.2) is 4.68 Å². The average molecular weight is 332 g/mol. The van der Waals surface area contributed by atoms with Crippen molar-refractivity contribution in [2.75, 3.05) is 0 Å². The minimum atomic E-state index is 0.524. The summed E-state index contributed by atoms with van der Waals surface area (Å²) in [5, 5.41) is 8.28. The fraction of sp³-hybridized carbons (Fsp3) is 0.200. The molecule has 0 radical (unpaired) electrons. The molecule has 0 aliphatic heterocycles. The van der Waals surface area contributed by atoms with Crippen LogP contribution in [0.5, 0.6) is 5.75 Å². The predicted molar refractivity (Wildman–Crippen MR) is 81.7 cm³/mol. The monoisotopic (exact) mass is 331 g/mol. The highest BCUT2D eigenvalue weighted by atomic mass is 79.9. The van der Waals surface area contributed by atoms with E-state index in [1.165, 1.54) is 0 Å². The predicted octanol–water partition coefficient (Wildman–Crippen LogP) is 3.62. The maximum atomic E-state index is 5.95. The van der Waals surface area contributed by atoms with Crippen LogP contribution in [0, 0.1) is 6.92 Å². The number of hydrogen-bond donors (Lipinski definition) is 0. The van der Waals surface area contributed by atoms with Crippen molar-refractivity contribution in [2.24, 2.45) is 7.05 Å². The lowest BCUT2D eigenvalue weighted by molar-refractivity contribution is 0.308. The van der Waals surface area contributed by atoms with E-state index in [0.29, 0.717) is 6.61 Å². The molecule has 0 unspecified atom stereocenters. The summed E-state index contributed by atoms with van der Waals surface area (Å²) < 4.78 is 8.67. The molecule has 0 spiro atoms. The van der Waals surface area contributed by atoms with E-state index >= 15 is 0 Å². The van der Waals surface area contributed by atoms with Crippen molar-refractivity contribution < 1.29 is 4.74 Å². The second-order valence-electron chi connectivity index (χ2n) is 4.67. The second kappa shape index (κ2) is 5.25. The lowest BCUT2D eigenvalue weighted by Gasteiger charge is -2.10. The highest BCUT2D eigenvalue weighted by molar-refractivity contribution is 9.10. The highest BCUT2D eigenvalue weighted by Crippen LogP contribution is 2.32. The van der Waals surface area contributed by atoms with Crippen molar-refractivity contribution in [2.45, 2.75) is 13.5 Å². The number of benzene rings is 2. The first-order chi connectivity index (χ1) is 9.66. The van der Waals surface area contributed by atoms with Gasteiger partial charge in [0.05, 0.1) is 0 Å².